The fourth-order valence-electron chi connectivity index (χ4n) is 2.50. The second-order valence-electron chi connectivity index (χ2n) is 5.72. The SMILES string of the molecule is CCOc1ccc2c(c1)sc(=NC(=O)CS(=O)(=O)c1ccc(F)cc1)n2C. The minimum absolute atomic E-state index is 0.116. The molecule has 0 bridgehead atoms. The van der Waals surface area contributed by atoms with Gasteiger partial charge in [0.2, 0.25) is 0 Å². The third-order valence-corrected chi connectivity index (χ3v) is 6.51. The molecule has 3 rings (SSSR count). The zero-order chi connectivity index (χ0) is 19.6. The largest absolute Gasteiger partial charge is 0.494 e. The van der Waals surface area contributed by atoms with Gasteiger partial charge in [0.25, 0.3) is 5.91 Å². The van der Waals surface area contributed by atoms with Gasteiger partial charge in [-0.3, -0.25) is 4.79 Å². The number of rotatable bonds is 5. The van der Waals surface area contributed by atoms with Crippen LogP contribution < -0.4 is 9.54 Å². The molecule has 0 aliphatic rings. The van der Waals surface area contributed by atoms with E-state index in [1.54, 1.807) is 11.6 Å². The molecular formula is C18H17FN2O4S2. The van der Waals surface area contributed by atoms with Crippen molar-refractivity contribution in [3.63, 3.8) is 0 Å². The highest BCUT2D eigenvalue weighted by Gasteiger charge is 2.19. The third kappa shape index (κ3) is 4.25. The average Bonchev–Trinajstić information content (AvgIpc) is 2.90. The van der Waals surface area contributed by atoms with E-state index in [1.165, 1.54) is 11.3 Å². The summed E-state index contributed by atoms with van der Waals surface area (Å²) < 4.78 is 45.6. The lowest BCUT2D eigenvalue weighted by molar-refractivity contribution is -0.115. The van der Waals surface area contributed by atoms with E-state index in [0.717, 1.165) is 34.5 Å². The molecule has 0 saturated heterocycles. The van der Waals surface area contributed by atoms with Gasteiger partial charge in [0.15, 0.2) is 14.6 Å². The van der Waals surface area contributed by atoms with E-state index in [4.69, 9.17) is 4.74 Å². The molecule has 9 heteroatoms. The summed E-state index contributed by atoms with van der Waals surface area (Å²) in [5.74, 6) is -1.40. The fraction of sp³-hybridized carbons (Fsp3) is 0.222. The number of thiazole rings is 1. The van der Waals surface area contributed by atoms with Gasteiger partial charge in [-0.1, -0.05) is 11.3 Å². The topological polar surface area (TPSA) is 77.7 Å². The molecule has 1 heterocycles. The molecule has 1 amide bonds. The minimum atomic E-state index is -3.89. The molecular weight excluding hydrogens is 391 g/mol. The van der Waals surface area contributed by atoms with E-state index in [0.29, 0.717) is 17.2 Å². The van der Waals surface area contributed by atoms with Crippen LogP contribution in [0.15, 0.2) is 52.4 Å². The van der Waals surface area contributed by atoms with Crippen LogP contribution in [0.2, 0.25) is 0 Å². The van der Waals surface area contributed by atoms with Crippen molar-refractivity contribution in [3.05, 3.63) is 53.1 Å². The van der Waals surface area contributed by atoms with E-state index in [2.05, 4.69) is 4.99 Å². The summed E-state index contributed by atoms with van der Waals surface area (Å²) in [6.07, 6.45) is 0. The highest BCUT2D eigenvalue weighted by molar-refractivity contribution is 7.92. The molecule has 0 spiro atoms. The number of hydrogen-bond acceptors (Lipinski definition) is 5. The number of fused-ring (bicyclic) bond motifs is 1. The Kier molecular flexibility index (Phi) is 5.43. The Balaban J connectivity index is 1.90. The molecule has 6 nitrogen and oxygen atoms in total. The van der Waals surface area contributed by atoms with Gasteiger partial charge in [-0.25, -0.2) is 12.8 Å². The third-order valence-electron chi connectivity index (χ3n) is 3.80. The molecule has 0 aliphatic heterocycles. The van der Waals surface area contributed by atoms with Crippen molar-refractivity contribution in [2.75, 3.05) is 12.4 Å². The van der Waals surface area contributed by atoms with Gasteiger partial charge in [0.1, 0.15) is 17.3 Å². The van der Waals surface area contributed by atoms with Gasteiger partial charge in [-0.2, -0.15) is 4.99 Å². The monoisotopic (exact) mass is 408 g/mol. The highest BCUT2D eigenvalue weighted by atomic mass is 32.2. The number of nitrogens with zero attached hydrogens (tertiary/aromatic N) is 2. The first-order valence-corrected chi connectivity index (χ1v) is 10.6. The Morgan fingerprint density at radius 3 is 2.59 bits per heavy atom. The van der Waals surface area contributed by atoms with Crippen LogP contribution in [-0.2, 0) is 21.7 Å². The zero-order valence-electron chi connectivity index (χ0n) is 14.7. The first kappa shape index (κ1) is 19.2. The molecule has 0 aliphatic carbocycles. The van der Waals surface area contributed by atoms with Crippen molar-refractivity contribution in [1.29, 1.82) is 0 Å². The molecule has 0 fully saturated rings. The smallest absolute Gasteiger partial charge is 0.263 e. The number of amides is 1. The van der Waals surface area contributed by atoms with E-state index >= 15 is 0 Å². The first-order valence-electron chi connectivity index (χ1n) is 8.08. The number of hydrogen-bond donors (Lipinski definition) is 0. The Hall–Kier alpha value is -2.52. The molecule has 0 atom stereocenters. The Bertz CT molecular complexity index is 1160. The van der Waals surface area contributed by atoms with E-state index in [-0.39, 0.29) is 4.90 Å². The summed E-state index contributed by atoms with van der Waals surface area (Å²) in [5.41, 5.74) is 0.858. The summed E-state index contributed by atoms with van der Waals surface area (Å²) in [6.45, 7) is 2.43. The second-order valence-corrected chi connectivity index (χ2v) is 8.72. The van der Waals surface area contributed by atoms with Crippen LogP contribution in [0.4, 0.5) is 4.39 Å². The molecule has 27 heavy (non-hydrogen) atoms. The first-order chi connectivity index (χ1) is 12.8. The lowest BCUT2D eigenvalue weighted by Gasteiger charge is -2.02. The summed E-state index contributed by atoms with van der Waals surface area (Å²) >= 11 is 1.27. The number of aryl methyl sites for hydroxylation is 1. The van der Waals surface area contributed by atoms with Crippen molar-refractivity contribution in [2.45, 2.75) is 11.8 Å². The van der Waals surface area contributed by atoms with Crippen molar-refractivity contribution in [2.24, 2.45) is 12.0 Å². The maximum atomic E-state index is 13.0. The number of benzene rings is 2. The van der Waals surface area contributed by atoms with Crippen LogP contribution in [0, 0.1) is 5.82 Å². The molecule has 0 radical (unpaired) electrons. The summed E-state index contributed by atoms with van der Waals surface area (Å²) in [4.78, 5) is 16.4. The minimum Gasteiger partial charge on any atom is -0.494 e. The van der Waals surface area contributed by atoms with Crippen LogP contribution in [0.1, 0.15) is 6.92 Å². The Morgan fingerprint density at radius 2 is 1.93 bits per heavy atom. The van der Waals surface area contributed by atoms with E-state index < -0.39 is 27.3 Å². The van der Waals surface area contributed by atoms with Gasteiger partial charge in [0, 0.05) is 7.05 Å². The molecule has 1 aromatic heterocycles. The van der Waals surface area contributed by atoms with Crippen LogP contribution in [0.5, 0.6) is 5.75 Å². The summed E-state index contributed by atoms with van der Waals surface area (Å²) in [5, 5.41) is 0. The van der Waals surface area contributed by atoms with Crippen molar-refractivity contribution in [1.82, 2.24) is 4.57 Å². The van der Waals surface area contributed by atoms with Gasteiger partial charge in [0.05, 0.1) is 21.7 Å². The molecule has 0 N–H and O–H groups in total. The maximum Gasteiger partial charge on any atom is 0.263 e. The normalized spacial score (nSPS) is 12.5. The van der Waals surface area contributed by atoms with Crippen molar-refractivity contribution >= 4 is 37.3 Å². The number of carbonyl (C=O) groups excluding carboxylic acids is 1. The molecule has 2 aromatic carbocycles. The van der Waals surface area contributed by atoms with Crippen molar-refractivity contribution < 1.29 is 22.3 Å². The fourth-order valence-corrected chi connectivity index (χ4v) is 4.68. The quantitative estimate of drug-likeness (QED) is 0.608. The molecule has 0 saturated carbocycles. The maximum absolute atomic E-state index is 13.0. The highest BCUT2D eigenvalue weighted by Crippen LogP contribution is 2.22. The van der Waals surface area contributed by atoms with Crippen LogP contribution in [0.3, 0.4) is 0 Å². The van der Waals surface area contributed by atoms with Crippen LogP contribution in [-0.4, -0.2) is 31.3 Å². The lowest BCUT2D eigenvalue weighted by atomic mass is 10.3. The van der Waals surface area contributed by atoms with Crippen LogP contribution >= 0.6 is 11.3 Å². The van der Waals surface area contributed by atoms with E-state index in [9.17, 15) is 17.6 Å². The van der Waals surface area contributed by atoms with Gasteiger partial charge < -0.3 is 9.30 Å². The van der Waals surface area contributed by atoms with Gasteiger partial charge in [-0.15, -0.1) is 0 Å². The zero-order valence-corrected chi connectivity index (χ0v) is 16.3. The van der Waals surface area contributed by atoms with Gasteiger partial charge in [-0.05, 0) is 49.4 Å². The number of sulfone groups is 1. The van der Waals surface area contributed by atoms with Gasteiger partial charge >= 0.3 is 0 Å². The molecule has 142 valence electrons. The summed E-state index contributed by atoms with van der Waals surface area (Å²) in [6, 6.07) is 9.87. The Morgan fingerprint density at radius 1 is 1.22 bits per heavy atom. The Labute approximate surface area is 159 Å². The number of carbonyl (C=O) groups is 1. The number of aromatic nitrogens is 1. The molecule has 0 unspecified atom stereocenters. The predicted molar refractivity (Wildman–Crippen MR) is 101 cm³/mol. The number of halogens is 1. The number of ether oxygens (including phenoxy) is 1. The summed E-state index contributed by atoms with van der Waals surface area (Å²) in [7, 11) is -2.14. The van der Waals surface area contributed by atoms with E-state index in [1.807, 2.05) is 25.1 Å². The average molecular weight is 408 g/mol. The standard InChI is InChI=1S/C18H17FN2O4S2/c1-3-25-13-6-9-15-16(10-13)26-18(21(15)2)20-17(22)11-27(23,24)14-7-4-12(19)5-8-14/h4-10H,3,11H2,1-2H3. The van der Waals surface area contributed by atoms with Crippen molar-refractivity contribution in [3.8, 4) is 5.75 Å². The lowest BCUT2D eigenvalue weighted by Crippen LogP contribution is -2.19. The molecule has 3 aromatic rings. The predicted octanol–water partition coefficient (Wildman–Crippen LogP) is 2.68. The van der Waals surface area contributed by atoms with Crippen LogP contribution in [0.25, 0.3) is 10.2 Å². The second kappa shape index (κ2) is 7.61.